The SMILES string of the molecule is CNC(=O)c1ccnc(N2CCC[C@](CO)(CC3CC3)C2)c1. The molecule has 1 aromatic rings. The first-order valence-electron chi connectivity index (χ1n) is 8.20. The summed E-state index contributed by atoms with van der Waals surface area (Å²) in [5.41, 5.74) is 0.638. The molecule has 5 nitrogen and oxygen atoms in total. The van der Waals surface area contributed by atoms with Crippen molar-refractivity contribution in [1.82, 2.24) is 10.3 Å². The van der Waals surface area contributed by atoms with Crippen LogP contribution in [0, 0.1) is 11.3 Å². The Morgan fingerprint density at radius 1 is 1.55 bits per heavy atom. The molecule has 1 aliphatic heterocycles. The number of nitrogens with zero attached hydrogens (tertiary/aromatic N) is 2. The first kappa shape index (κ1) is 15.3. The molecule has 0 radical (unpaired) electrons. The third-order valence-electron chi connectivity index (χ3n) is 4.97. The van der Waals surface area contributed by atoms with Gasteiger partial charge in [0.25, 0.3) is 5.91 Å². The highest BCUT2D eigenvalue weighted by molar-refractivity contribution is 5.94. The number of hydrogen-bond acceptors (Lipinski definition) is 4. The van der Waals surface area contributed by atoms with Crippen LogP contribution in [-0.4, -0.2) is 42.7 Å². The molecule has 2 heterocycles. The maximum Gasteiger partial charge on any atom is 0.251 e. The van der Waals surface area contributed by atoms with Crippen LogP contribution in [0.5, 0.6) is 0 Å². The van der Waals surface area contributed by atoms with Gasteiger partial charge in [0, 0.05) is 37.3 Å². The van der Waals surface area contributed by atoms with Crippen LogP contribution in [-0.2, 0) is 0 Å². The topological polar surface area (TPSA) is 65.5 Å². The Morgan fingerprint density at radius 2 is 2.36 bits per heavy atom. The first-order valence-corrected chi connectivity index (χ1v) is 8.20. The number of aliphatic hydroxyl groups excluding tert-OH is 1. The van der Waals surface area contributed by atoms with Crippen LogP contribution < -0.4 is 10.2 Å². The second kappa shape index (κ2) is 6.24. The van der Waals surface area contributed by atoms with Gasteiger partial charge in [-0.05, 0) is 37.3 Å². The van der Waals surface area contributed by atoms with Crippen molar-refractivity contribution in [2.24, 2.45) is 11.3 Å². The Labute approximate surface area is 131 Å². The summed E-state index contributed by atoms with van der Waals surface area (Å²) in [6.07, 6.45) is 7.59. The van der Waals surface area contributed by atoms with Crippen LogP contribution in [0.3, 0.4) is 0 Å². The van der Waals surface area contributed by atoms with Crippen molar-refractivity contribution in [2.45, 2.75) is 32.1 Å². The Hall–Kier alpha value is -1.62. The normalized spacial score (nSPS) is 25.1. The van der Waals surface area contributed by atoms with E-state index in [2.05, 4.69) is 15.2 Å². The molecule has 5 heteroatoms. The first-order chi connectivity index (χ1) is 10.7. The highest BCUT2D eigenvalue weighted by atomic mass is 16.3. The highest BCUT2D eigenvalue weighted by Gasteiger charge is 2.40. The Kier molecular flexibility index (Phi) is 4.34. The van der Waals surface area contributed by atoms with Gasteiger partial charge in [-0.3, -0.25) is 4.79 Å². The van der Waals surface area contributed by atoms with Crippen LogP contribution in [0.4, 0.5) is 5.82 Å². The standard InChI is InChI=1S/C17H25N3O2/c1-18-16(22)14-5-7-19-15(9-14)20-8-2-6-17(11-20,12-21)10-13-3-4-13/h5,7,9,13,21H,2-4,6,8,10-12H2,1H3,(H,18,22)/t17-/m0/s1. The molecular formula is C17H25N3O2. The monoisotopic (exact) mass is 303 g/mol. The van der Waals surface area contributed by atoms with E-state index in [1.807, 2.05) is 6.07 Å². The van der Waals surface area contributed by atoms with E-state index in [0.29, 0.717) is 5.56 Å². The van der Waals surface area contributed by atoms with Gasteiger partial charge in [-0.15, -0.1) is 0 Å². The zero-order chi connectivity index (χ0) is 15.6. The van der Waals surface area contributed by atoms with E-state index in [9.17, 15) is 9.90 Å². The van der Waals surface area contributed by atoms with Gasteiger partial charge in [0.15, 0.2) is 0 Å². The molecule has 0 bridgehead atoms. The van der Waals surface area contributed by atoms with Crippen LogP contribution >= 0.6 is 0 Å². The third kappa shape index (κ3) is 3.24. The lowest BCUT2D eigenvalue weighted by atomic mass is 9.76. The fourth-order valence-electron chi connectivity index (χ4n) is 3.57. The summed E-state index contributed by atoms with van der Waals surface area (Å²) in [5.74, 6) is 1.55. The fourth-order valence-corrected chi connectivity index (χ4v) is 3.57. The maximum atomic E-state index is 11.8. The number of aromatic nitrogens is 1. The molecule has 0 aromatic carbocycles. The quantitative estimate of drug-likeness (QED) is 0.871. The van der Waals surface area contributed by atoms with E-state index in [4.69, 9.17) is 0 Å². The fraction of sp³-hybridized carbons (Fsp3) is 0.647. The molecule has 2 N–H and O–H groups in total. The molecule has 120 valence electrons. The number of aliphatic hydroxyl groups is 1. The summed E-state index contributed by atoms with van der Waals surface area (Å²) < 4.78 is 0. The summed E-state index contributed by atoms with van der Waals surface area (Å²) in [7, 11) is 1.63. The van der Waals surface area contributed by atoms with Gasteiger partial charge in [0.1, 0.15) is 5.82 Å². The largest absolute Gasteiger partial charge is 0.396 e. The van der Waals surface area contributed by atoms with Crippen LogP contribution in [0.25, 0.3) is 0 Å². The minimum Gasteiger partial charge on any atom is -0.396 e. The molecule has 3 rings (SSSR count). The number of carbonyl (C=O) groups excluding carboxylic acids is 1. The molecule has 2 aliphatic rings. The molecular weight excluding hydrogens is 278 g/mol. The van der Waals surface area contributed by atoms with Gasteiger partial charge in [0.2, 0.25) is 0 Å². The third-order valence-corrected chi connectivity index (χ3v) is 4.97. The molecule has 1 aliphatic carbocycles. The lowest BCUT2D eigenvalue weighted by Crippen LogP contribution is -2.46. The van der Waals surface area contributed by atoms with Crippen molar-refractivity contribution in [3.63, 3.8) is 0 Å². The number of rotatable bonds is 5. The maximum absolute atomic E-state index is 11.8. The molecule has 1 atom stereocenters. The number of carbonyl (C=O) groups is 1. The summed E-state index contributed by atoms with van der Waals surface area (Å²) in [4.78, 5) is 18.5. The second-order valence-electron chi connectivity index (χ2n) is 6.81. The molecule has 0 unspecified atom stereocenters. The molecule has 0 spiro atoms. The number of hydrogen-bond donors (Lipinski definition) is 2. The van der Waals surface area contributed by atoms with E-state index in [1.54, 1.807) is 19.3 Å². The lowest BCUT2D eigenvalue weighted by Gasteiger charge is -2.42. The number of amides is 1. The smallest absolute Gasteiger partial charge is 0.251 e. The Morgan fingerprint density at radius 3 is 3.05 bits per heavy atom. The van der Waals surface area contributed by atoms with E-state index in [-0.39, 0.29) is 17.9 Å². The zero-order valence-corrected chi connectivity index (χ0v) is 13.2. The zero-order valence-electron chi connectivity index (χ0n) is 13.2. The Balaban J connectivity index is 1.77. The van der Waals surface area contributed by atoms with E-state index in [1.165, 1.54) is 12.8 Å². The molecule has 1 aromatic heterocycles. The predicted molar refractivity (Wildman–Crippen MR) is 85.9 cm³/mol. The van der Waals surface area contributed by atoms with Crippen molar-refractivity contribution < 1.29 is 9.90 Å². The van der Waals surface area contributed by atoms with Gasteiger partial charge >= 0.3 is 0 Å². The summed E-state index contributed by atoms with van der Waals surface area (Å²) >= 11 is 0. The van der Waals surface area contributed by atoms with Crippen LogP contribution in [0.1, 0.15) is 42.5 Å². The Bertz CT molecular complexity index is 544. The number of nitrogens with one attached hydrogen (secondary N) is 1. The van der Waals surface area contributed by atoms with Crippen molar-refractivity contribution >= 4 is 11.7 Å². The van der Waals surface area contributed by atoms with Gasteiger partial charge in [-0.25, -0.2) is 4.98 Å². The minimum absolute atomic E-state index is 0.00408. The van der Waals surface area contributed by atoms with Crippen molar-refractivity contribution in [2.75, 3.05) is 31.6 Å². The number of piperidine rings is 1. The highest BCUT2D eigenvalue weighted by Crippen LogP contribution is 2.44. The second-order valence-corrected chi connectivity index (χ2v) is 6.81. The molecule has 1 amide bonds. The molecule has 1 saturated carbocycles. The van der Waals surface area contributed by atoms with E-state index in [0.717, 1.165) is 44.1 Å². The minimum atomic E-state index is -0.0907. The van der Waals surface area contributed by atoms with Gasteiger partial charge in [-0.2, -0.15) is 0 Å². The van der Waals surface area contributed by atoms with E-state index < -0.39 is 0 Å². The van der Waals surface area contributed by atoms with Crippen LogP contribution in [0.2, 0.25) is 0 Å². The van der Waals surface area contributed by atoms with E-state index >= 15 is 0 Å². The molecule has 22 heavy (non-hydrogen) atoms. The van der Waals surface area contributed by atoms with Gasteiger partial charge in [0.05, 0.1) is 6.61 Å². The summed E-state index contributed by atoms with van der Waals surface area (Å²) in [5, 5.41) is 12.6. The van der Waals surface area contributed by atoms with Crippen molar-refractivity contribution in [3.8, 4) is 0 Å². The average molecular weight is 303 g/mol. The van der Waals surface area contributed by atoms with Gasteiger partial charge < -0.3 is 15.3 Å². The average Bonchev–Trinajstić information content (AvgIpc) is 3.38. The van der Waals surface area contributed by atoms with Crippen molar-refractivity contribution in [1.29, 1.82) is 0 Å². The van der Waals surface area contributed by atoms with Crippen LogP contribution in [0.15, 0.2) is 18.3 Å². The summed E-state index contributed by atoms with van der Waals surface area (Å²) in [6, 6.07) is 3.58. The number of pyridine rings is 1. The predicted octanol–water partition coefficient (Wildman–Crippen LogP) is 1.82. The number of anilines is 1. The molecule has 1 saturated heterocycles. The van der Waals surface area contributed by atoms with Gasteiger partial charge in [-0.1, -0.05) is 12.8 Å². The molecule has 2 fully saturated rings. The summed E-state index contributed by atoms with van der Waals surface area (Å²) in [6.45, 7) is 2.02. The lowest BCUT2D eigenvalue weighted by molar-refractivity contribution is 0.0901. The van der Waals surface area contributed by atoms with Crippen molar-refractivity contribution in [3.05, 3.63) is 23.9 Å².